The van der Waals surface area contributed by atoms with Crippen molar-refractivity contribution in [1.82, 2.24) is 25.0 Å². The normalized spacial score (nSPS) is 11.1. The third-order valence-electron chi connectivity index (χ3n) is 3.49. The Morgan fingerprint density at radius 3 is 2.72 bits per heavy atom. The van der Waals surface area contributed by atoms with Crippen LogP contribution in [0.25, 0.3) is 11.2 Å². The Bertz CT molecular complexity index is 837. The van der Waals surface area contributed by atoms with E-state index in [0.29, 0.717) is 35.2 Å². The lowest BCUT2D eigenvalue weighted by Crippen LogP contribution is -2.07. The van der Waals surface area contributed by atoms with E-state index in [4.69, 9.17) is 0 Å². The fourth-order valence-electron chi connectivity index (χ4n) is 2.26. The van der Waals surface area contributed by atoms with E-state index in [2.05, 4.69) is 32.5 Å². The fourth-order valence-corrected chi connectivity index (χ4v) is 2.96. The van der Waals surface area contributed by atoms with Crippen LogP contribution in [-0.4, -0.2) is 47.5 Å². The number of fused-ring (bicyclic) bond motifs is 1. The molecule has 0 saturated heterocycles. The second-order valence-corrected chi connectivity index (χ2v) is 6.49. The van der Waals surface area contributed by atoms with Crippen LogP contribution >= 0.6 is 11.8 Å². The first-order valence-electron chi connectivity index (χ1n) is 8.08. The number of rotatable bonds is 8. The molecule has 0 spiro atoms. The Morgan fingerprint density at radius 1 is 1.20 bits per heavy atom. The Morgan fingerprint density at radius 2 is 2.00 bits per heavy atom. The van der Waals surface area contributed by atoms with Gasteiger partial charge in [-0.05, 0) is 24.1 Å². The zero-order chi connectivity index (χ0) is 17.6. The summed E-state index contributed by atoms with van der Waals surface area (Å²) in [5.74, 6) is 1.77. The number of anilines is 1. The zero-order valence-corrected chi connectivity index (χ0v) is 14.7. The van der Waals surface area contributed by atoms with Crippen LogP contribution in [0.3, 0.4) is 0 Å². The van der Waals surface area contributed by atoms with Crippen LogP contribution in [0.2, 0.25) is 0 Å². The Labute approximate surface area is 149 Å². The lowest BCUT2D eigenvalue weighted by Gasteiger charge is -2.08. The number of aromatic nitrogens is 5. The highest BCUT2D eigenvalue weighted by Gasteiger charge is 2.14. The van der Waals surface area contributed by atoms with Gasteiger partial charge in [-0.15, -0.1) is 5.10 Å². The first-order chi connectivity index (χ1) is 12.2. The molecule has 0 amide bonds. The van der Waals surface area contributed by atoms with E-state index in [1.165, 1.54) is 0 Å². The summed E-state index contributed by atoms with van der Waals surface area (Å²) in [6.45, 7) is 2.95. The number of hydrogen-bond donors (Lipinski definition) is 3. The lowest BCUT2D eigenvalue weighted by atomic mass is 10.2. The molecule has 3 rings (SSSR count). The zero-order valence-electron chi connectivity index (χ0n) is 13.9. The summed E-state index contributed by atoms with van der Waals surface area (Å²) in [6, 6.07) is 6.98. The van der Waals surface area contributed by atoms with Crippen molar-refractivity contribution in [3.63, 3.8) is 0 Å². The van der Waals surface area contributed by atoms with E-state index in [1.807, 2.05) is 12.1 Å². The monoisotopic (exact) mass is 360 g/mol. The lowest BCUT2D eigenvalue weighted by molar-refractivity contribution is 0.270. The number of phenolic OH excluding ortho intramolecular Hbond substituents is 1. The van der Waals surface area contributed by atoms with Crippen LogP contribution in [0, 0.1) is 0 Å². The minimum absolute atomic E-state index is 0.0316. The van der Waals surface area contributed by atoms with Gasteiger partial charge in [-0.1, -0.05) is 36.0 Å². The first-order valence-corrected chi connectivity index (χ1v) is 9.06. The van der Waals surface area contributed by atoms with Crippen molar-refractivity contribution in [2.75, 3.05) is 17.7 Å². The predicted molar refractivity (Wildman–Crippen MR) is 96.7 cm³/mol. The summed E-state index contributed by atoms with van der Waals surface area (Å²) in [6.07, 6.45) is 1.02. The van der Waals surface area contributed by atoms with Crippen molar-refractivity contribution in [2.24, 2.45) is 0 Å². The molecule has 0 aliphatic rings. The minimum atomic E-state index is -0.0316. The van der Waals surface area contributed by atoms with Crippen LogP contribution in [0.1, 0.15) is 18.9 Å². The average Bonchev–Trinajstić information content (AvgIpc) is 3.03. The number of phenols is 1. The predicted octanol–water partition coefficient (Wildman–Crippen LogP) is 2.03. The van der Waals surface area contributed by atoms with Gasteiger partial charge >= 0.3 is 0 Å². The number of nitrogens with zero attached hydrogens (tertiary/aromatic N) is 5. The molecule has 0 fully saturated rings. The second kappa shape index (κ2) is 8.13. The Hall–Kier alpha value is -2.39. The summed E-state index contributed by atoms with van der Waals surface area (Å²) < 4.78 is 1.58. The summed E-state index contributed by atoms with van der Waals surface area (Å²) in [7, 11) is 0. The highest BCUT2D eigenvalue weighted by atomic mass is 32.2. The van der Waals surface area contributed by atoms with Crippen LogP contribution in [0.5, 0.6) is 5.75 Å². The van der Waals surface area contributed by atoms with Crippen molar-refractivity contribution >= 4 is 28.7 Å². The van der Waals surface area contributed by atoms with Gasteiger partial charge in [0.15, 0.2) is 22.1 Å². The van der Waals surface area contributed by atoms with Gasteiger partial charge in [0.2, 0.25) is 0 Å². The molecule has 0 atom stereocenters. The van der Waals surface area contributed by atoms with Crippen LogP contribution in [0.4, 0.5) is 5.82 Å². The molecule has 0 unspecified atom stereocenters. The number of thioether (sulfide) groups is 1. The summed E-state index contributed by atoms with van der Waals surface area (Å²) in [5.41, 5.74) is 2.19. The van der Waals surface area contributed by atoms with Gasteiger partial charge < -0.3 is 15.5 Å². The maximum atomic E-state index is 9.37. The standard InChI is InChI=1S/C16H20N6O2S/c1-2-9-25-16-18-14(17-10-11-3-5-12(24)6-4-11)13-15(19-16)22(7-8-23)21-20-13/h3-6,23-24H,2,7-10H2,1H3,(H,17,18,19). The van der Waals surface area contributed by atoms with Gasteiger partial charge in [-0.3, -0.25) is 0 Å². The van der Waals surface area contributed by atoms with Crippen molar-refractivity contribution in [2.45, 2.75) is 31.6 Å². The van der Waals surface area contributed by atoms with E-state index in [-0.39, 0.29) is 12.4 Å². The third kappa shape index (κ3) is 4.18. The highest BCUT2D eigenvalue weighted by molar-refractivity contribution is 7.99. The molecule has 132 valence electrons. The van der Waals surface area contributed by atoms with E-state index in [0.717, 1.165) is 17.7 Å². The van der Waals surface area contributed by atoms with Gasteiger partial charge in [-0.2, -0.15) is 0 Å². The van der Waals surface area contributed by atoms with E-state index < -0.39 is 0 Å². The molecule has 0 aliphatic heterocycles. The SMILES string of the molecule is CCCSc1nc(NCc2ccc(O)cc2)c2nnn(CCO)c2n1. The molecule has 0 aliphatic carbocycles. The highest BCUT2D eigenvalue weighted by Crippen LogP contribution is 2.24. The smallest absolute Gasteiger partial charge is 0.191 e. The molecule has 2 aromatic heterocycles. The van der Waals surface area contributed by atoms with Gasteiger partial charge in [0, 0.05) is 12.3 Å². The van der Waals surface area contributed by atoms with Crippen molar-refractivity contribution in [1.29, 1.82) is 0 Å². The summed E-state index contributed by atoms with van der Waals surface area (Å²) in [5, 5.41) is 30.7. The van der Waals surface area contributed by atoms with Gasteiger partial charge in [0.25, 0.3) is 0 Å². The number of aromatic hydroxyl groups is 1. The maximum Gasteiger partial charge on any atom is 0.191 e. The molecule has 2 heterocycles. The van der Waals surface area contributed by atoms with E-state index in [1.54, 1.807) is 28.6 Å². The third-order valence-corrected chi connectivity index (χ3v) is 4.54. The largest absolute Gasteiger partial charge is 0.508 e. The number of aliphatic hydroxyl groups excluding tert-OH is 1. The number of aliphatic hydroxyl groups is 1. The van der Waals surface area contributed by atoms with Crippen molar-refractivity contribution < 1.29 is 10.2 Å². The first kappa shape index (κ1) is 17.4. The molecule has 1 aromatic carbocycles. The average molecular weight is 360 g/mol. The Balaban J connectivity index is 1.89. The van der Waals surface area contributed by atoms with E-state index in [9.17, 15) is 10.2 Å². The molecule has 25 heavy (non-hydrogen) atoms. The molecule has 3 N–H and O–H groups in total. The topological polar surface area (TPSA) is 109 Å². The molecule has 0 saturated carbocycles. The van der Waals surface area contributed by atoms with Gasteiger partial charge in [0.05, 0.1) is 13.2 Å². The second-order valence-electron chi connectivity index (χ2n) is 5.43. The number of nitrogens with one attached hydrogen (secondary N) is 1. The Kier molecular flexibility index (Phi) is 5.67. The van der Waals surface area contributed by atoms with Crippen LogP contribution < -0.4 is 5.32 Å². The van der Waals surface area contributed by atoms with E-state index >= 15 is 0 Å². The molecule has 8 nitrogen and oxygen atoms in total. The van der Waals surface area contributed by atoms with Crippen LogP contribution in [0.15, 0.2) is 29.4 Å². The fraction of sp³-hybridized carbons (Fsp3) is 0.375. The molecule has 3 aromatic rings. The quantitative estimate of drug-likeness (QED) is 0.414. The molecular weight excluding hydrogens is 340 g/mol. The van der Waals surface area contributed by atoms with Gasteiger partial charge in [0.1, 0.15) is 5.75 Å². The van der Waals surface area contributed by atoms with Crippen molar-refractivity contribution in [3.05, 3.63) is 29.8 Å². The summed E-state index contributed by atoms with van der Waals surface area (Å²) >= 11 is 1.58. The van der Waals surface area contributed by atoms with Crippen LogP contribution in [-0.2, 0) is 13.1 Å². The molecule has 0 bridgehead atoms. The molecule has 0 radical (unpaired) electrons. The number of hydrogen-bond acceptors (Lipinski definition) is 8. The summed E-state index contributed by atoms with van der Waals surface area (Å²) in [4.78, 5) is 9.08. The maximum absolute atomic E-state index is 9.37. The van der Waals surface area contributed by atoms with Crippen molar-refractivity contribution in [3.8, 4) is 5.75 Å². The van der Waals surface area contributed by atoms with Gasteiger partial charge in [-0.25, -0.2) is 14.6 Å². The molecular formula is C16H20N6O2S. The number of benzene rings is 1. The minimum Gasteiger partial charge on any atom is -0.508 e. The molecule has 9 heteroatoms.